The van der Waals surface area contributed by atoms with Crippen LogP contribution in [-0.4, -0.2) is 25.0 Å². The first-order valence-corrected chi connectivity index (χ1v) is 8.89. The van der Waals surface area contributed by atoms with Crippen molar-refractivity contribution in [3.63, 3.8) is 0 Å². The number of allylic oxidation sites excluding steroid dienone is 1. The summed E-state index contributed by atoms with van der Waals surface area (Å²) in [4.78, 5) is 36.5. The van der Waals surface area contributed by atoms with Crippen LogP contribution >= 0.6 is 0 Å². The van der Waals surface area contributed by atoms with Crippen LogP contribution in [0.1, 0.15) is 40.7 Å². The molecule has 28 heavy (non-hydrogen) atoms. The fourth-order valence-corrected chi connectivity index (χ4v) is 3.23. The summed E-state index contributed by atoms with van der Waals surface area (Å²) in [6, 6.07) is 16.1. The number of ether oxygens (including phenoxy) is 2. The van der Waals surface area contributed by atoms with Gasteiger partial charge in [0.15, 0.2) is 0 Å². The van der Waals surface area contributed by atoms with Gasteiger partial charge in [-0.3, -0.25) is 4.79 Å². The van der Waals surface area contributed by atoms with Crippen LogP contribution in [0.4, 0.5) is 0 Å². The second-order valence-electron chi connectivity index (χ2n) is 6.52. The molecule has 1 amide bonds. The van der Waals surface area contributed by atoms with Crippen molar-refractivity contribution in [2.75, 3.05) is 7.11 Å². The zero-order valence-corrected chi connectivity index (χ0v) is 15.7. The molecule has 1 aliphatic rings. The summed E-state index contributed by atoms with van der Waals surface area (Å²) in [5.74, 6) is -1.52. The molecule has 6 heteroatoms. The normalized spacial score (nSPS) is 16.4. The minimum absolute atomic E-state index is 0.130. The van der Waals surface area contributed by atoms with Crippen LogP contribution in [0.15, 0.2) is 65.9 Å². The summed E-state index contributed by atoms with van der Waals surface area (Å²) in [5.41, 5.74) is 2.94. The maximum absolute atomic E-state index is 12.8. The van der Waals surface area contributed by atoms with E-state index in [4.69, 9.17) is 9.47 Å². The molecule has 1 atom stereocenters. The molecule has 0 saturated carbocycles. The van der Waals surface area contributed by atoms with Gasteiger partial charge in [-0.2, -0.15) is 0 Å². The maximum atomic E-state index is 12.8. The zero-order chi connectivity index (χ0) is 20.1. The highest BCUT2D eigenvalue weighted by Crippen LogP contribution is 2.33. The van der Waals surface area contributed by atoms with Gasteiger partial charge in [0.25, 0.3) is 0 Å². The Hall–Kier alpha value is -3.41. The van der Waals surface area contributed by atoms with Gasteiger partial charge in [-0.05, 0) is 30.2 Å². The fourth-order valence-electron chi connectivity index (χ4n) is 3.23. The SMILES string of the molecule is COC(=O)c1ccc(C2CC(=O)NC(C)=C2C(=O)OCc2ccccc2)cc1. The molecule has 1 aliphatic heterocycles. The van der Waals surface area contributed by atoms with E-state index in [0.29, 0.717) is 16.8 Å². The van der Waals surface area contributed by atoms with E-state index >= 15 is 0 Å². The Labute approximate surface area is 163 Å². The smallest absolute Gasteiger partial charge is 0.337 e. The first kappa shape index (κ1) is 19.4. The number of rotatable bonds is 5. The summed E-state index contributed by atoms with van der Waals surface area (Å²) in [6.45, 7) is 1.84. The maximum Gasteiger partial charge on any atom is 0.337 e. The minimum Gasteiger partial charge on any atom is -0.465 e. The Balaban J connectivity index is 1.84. The van der Waals surface area contributed by atoms with Gasteiger partial charge in [0.1, 0.15) is 6.61 Å². The molecule has 2 aromatic rings. The van der Waals surface area contributed by atoms with Crippen LogP contribution in [0.5, 0.6) is 0 Å². The molecule has 0 aromatic heterocycles. The summed E-state index contributed by atoms with van der Waals surface area (Å²) in [5, 5.41) is 2.71. The fraction of sp³-hybridized carbons (Fsp3) is 0.227. The monoisotopic (exact) mass is 379 g/mol. The molecule has 1 N–H and O–H groups in total. The van der Waals surface area contributed by atoms with Gasteiger partial charge in [-0.15, -0.1) is 0 Å². The van der Waals surface area contributed by atoms with Gasteiger partial charge in [-0.25, -0.2) is 9.59 Å². The highest BCUT2D eigenvalue weighted by molar-refractivity contribution is 5.96. The molecule has 2 aromatic carbocycles. The highest BCUT2D eigenvalue weighted by atomic mass is 16.5. The molecule has 6 nitrogen and oxygen atoms in total. The van der Waals surface area contributed by atoms with Crippen LogP contribution in [0.25, 0.3) is 0 Å². The van der Waals surface area contributed by atoms with Crippen molar-refractivity contribution >= 4 is 17.8 Å². The van der Waals surface area contributed by atoms with Crippen LogP contribution in [0.2, 0.25) is 0 Å². The van der Waals surface area contributed by atoms with Crippen molar-refractivity contribution in [2.45, 2.75) is 25.9 Å². The lowest BCUT2D eigenvalue weighted by Gasteiger charge is -2.26. The Morgan fingerprint density at radius 1 is 1.04 bits per heavy atom. The number of benzene rings is 2. The minimum atomic E-state index is -0.469. The molecule has 0 spiro atoms. The highest BCUT2D eigenvalue weighted by Gasteiger charge is 2.32. The molecule has 0 bridgehead atoms. The average molecular weight is 379 g/mol. The lowest BCUT2D eigenvalue weighted by Crippen LogP contribution is -2.34. The lowest BCUT2D eigenvalue weighted by atomic mass is 9.84. The van der Waals surface area contributed by atoms with Crippen LogP contribution in [0, 0.1) is 0 Å². The van der Waals surface area contributed by atoms with Crippen molar-refractivity contribution in [2.24, 2.45) is 0 Å². The van der Waals surface area contributed by atoms with Crippen molar-refractivity contribution < 1.29 is 23.9 Å². The Bertz CT molecular complexity index is 916. The van der Waals surface area contributed by atoms with Crippen LogP contribution < -0.4 is 5.32 Å². The van der Waals surface area contributed by atoms with E-state index in [9.17, 15) is 14.4 Å². The van der Waals surface area contributed by atoms with Crippen molar-refractivity contribution in [1.82, 2.24) is 5.32 Å². The van der Waals surface area contributed by atoms with Crippen LogP contribution in [0.3, 0.4) is 0 Å². The van der Waals surface area contributed by atoms with Gasteiger partial charge in [0.2, 0.25) is 5.91 Å². The van der Waals surface area contributed by atoms with Crippen molar-refractivity contribution in [1.29, 1.82) is 0 Å². The molecular weight excluding hydrogens is 358 g/mol. The van der Waals surface area contributed by atoms with Gasteiger partial charge < -0.3 is 14.8 Å². The predicted octanol–water partition coefficient (Wildman–Crippen LogP) is 3.09. The quantitative estimate of drug-likeness (QED) is 0.808. The second kappa shape index (κ2) is 8.52. The van der Waals surface area contributed by atoms with Crippen LogP contribution in [-0.2, 0) is 25.7 Å². The molecule has 0 fully saturated rings. The molecule has 144 valence electrons. The Morgan fingerprint density at radius 3 is 2.36 bits per heavy atom. The van der Waals surface area contributed by atoms with Crippen molar-refractivity contribution in [3.05, 3.63) is 82.6 Å². The van der Waals surface area contributed by atoms with E-state index in [1.165, 1.54) is 7.11 Å². The molecule has 3 rings (SSSR count). The molecule has 1 heterocycles. The summed E-state index contributed by atoms with van der Waals surface area (Å²) < 4.78 is 10.2. The Morgan fingerprint density at radius 2 is 1.71 bits per heavy atom. The van der Waals surface area contributed by atoms with Crippen molar-refractivity contribution in [3.8, 4) is 0 Å². The third kappa shape index (κ3) is 4.28. The third-order valence-corrected chi connectivity index (χ3v) is 4.64. The number of carbonyl (C=O) groups is 3. The van der Waals surface area contributed by atoms with Gasteiger partial charge >= 0.3 is 11.9 Å². The van der Waals surface area contributed by atoms with Gasteiger partial charge in [-0.1, -0.05) is 42.5 Å². The summed E-state index contributed by atoms with van der Waals surface area (Å²) in [7, 11) is 1.31. The molecular formula is C22H21NO5. The van der Waals surface area contributed by atoms with E-state index in [0.717, 1.165) is 11.1 Å². The van der Waals surface area contributed by atoms with E-state index in [-0.39, 0.29) is 18.9 Å². The largest absolute Gasteiger partial charge is 0.465 e. The number of esters is 2. The van der Waals surface area contributed by atoms with E-state index in [1.807, 2.05) is 30.3 Å². The van der Waals surface area contributed by atoms with Gasteiger partial charge in [0.05, 0.1) is 18.2 Å². The number of methoxy groups -OCH3 is 1. The zero-order valence-electron chi connectivity index (χ0n) is 15.7. The first-order chi connectivity index (χ1) is 13.5. The van der Waals surface area contributed by atoms with E-state index < -0.39 is 17.9 Å². The lowest BCUT2D eigenvalue weighted by molar-refractivity contribution is -0.141. The number of carbonyl (C=O) groups excluding carboxylic acids is 3. The summed E-state index contributed by atoms with van der Waals surface area (Å²) >= 11 is 0. The topological polar surface area (TPSA) is 81.7 Å². The van der Waals surface area contributed by atoms with E-state index in [2.05, 4.69) is 5.32 Å². The molecule has 0 aliphatic carbocycles. The number of hydrogen-bond acceptors (Lipinski definition) is 5. The number of hydrogen-bond donors (Lipinski definition) is 1. The summed E-state index contributed by atoms with van der Waals surface area (Å²) in [6.07, 6.45) is 0.130. The predicted molar refractivity (Wildman–Crippen MR) is 102 cm³/mol. The number of nitrogens with one attached hydrogen (secondary N) is 1. The average Bonchev–Trinajstić information content (AvgIpc) is 2.71. The molecule has 1 unspecified atom stereocenters. The molecule has 0 saturated heterocycles. The third-order valence-electron chi connectivity index (χ3n) is 4.64. The van der Waals surface area contributed by atoms with E-state index in [1.54, 1.807) is 31.2 Å². The molecule has 0 radical (unpaired) electrons. The first-order valence-electron chi connectivity index (χ1n) is 8.89. The number of amides is 1. The Kier molecular flexibility index (Phi) is 5.89. The second-order valence-corrected chi connectivity index (χ2v) is 6.52. The van der Waals surface area contributed by atoms with Gasteiger partial charge in [0, 0.05) is 18.0 Å². The standard InChI is InChI=1S/C22H21NO5/c1-14-20(22(26)28-13-15-6-4-3-5-7-15)18(12-19(24)23-14)16-8-10-17(11-9-16)21(25)27-2/h3-11,18H,12-13H2,1-2H3,(H,23,24).